The van der Waals surface area contributed by atoms with Gasteiger partial charge in [0.25, 0.3) is 14.1 Å². The van der Waals surface area contributed by atoms with E-state index in [1.165, 1.54) is 23.9 Å². The number of nitrogens with one attached hydrogen (secondary N) is 1. The smallest absolute Gasteiger partial charge is 0.330 e. The summed E-state index contributed by atoms with van der Waals surface area (Å²) in [5, 5.41) is 10.0. The molecule has 7 atom stereocenters. The van der Waals surface area contributed by atoms with Crippen molar-refractivity contribution in [3.8, 4) is 0 Å². The predicted molar refractivity (Wildman–Crippen MR) is 120 cm³/mol. The molecule has 0 radical (unpaired) electrons. The SMILES string of the molecule is CO[C@H]1C(O[P@]2O[C@](C)(c3ccccc3)[C@@H]3CCCN32)[C@@H](CO)O[C@H]1n1ccc(=O)[nH]c1=O. The van der Waals surface area contributed by atoms with E-state index in [0.717, 1.165) is 24.9 Å². The van der Waals surface area contributed by atoms with Crippen molar-refractivity contribution in [2.45, 2.75) is 55.9 Å². The van der Waals surface area contributed by atoms with E-state index in [1.807, 2.05) is 18.2 Å². The number of ether oxygens (including phenoxy) is 2. The minimum Gasteiger partial charge on any atom is -0.394 e. The van der Waals surface area contributed by atoms with Crippen LogP contribution in [0.1, 0.15) is 31.6 Å². The molecule has 0 bridgehead atoms. The maximum Gasteiger partial charge on any atom is 0.330 e. The van der Waals surface area contributed by atoms with E-state index in [1.54, 1.807) is 0 Å². The van der Waals surface area contributed by atoms with Crippen LogP contribution in [0.3, 0.4) is 0 Å². The molecule has 0 amide bonds. The average molecular weight is 477 g/mol. The lowest BCUT2D eigenvalue weighted by molar-refractivity contribution is -0.0625. The number of methoxy groups -OCH3 is 1. The highest BCUT2D eigenvalue weighted by atomic mass is 31.2. The van der Waals surface area contributed by atoms with Crippen LogP contribution in [-0.4, -0.2) is 63.9 Å². The van der Waals surface area contributed by atoms with Gasteiger partial charge < -0.3 is 23.6 Å². The third-order valence-corrected chi connectivity index (χ3v) is 8.62. The number of nitrogens with zero attached hydrogens (tertiary/aromatic N) is 2. The second kappa shape index (κ2) is 9.03. The van der Waals surface area contributed by atoms with Crippen molar-refractivity contribution in [3.63, 3.8) is 0 Å². The summed E-state index contributed by atoms with van der Waals surface area (Å²) in [5.74, 6) is 0. The molecule has 3 fully saturated rings. The maximum absolute atomic E-state index is 12.4. The van der Waals surface area contributed by atoms with Crippen LogP contribution in [0.2, 0.25) is 0 Å². The molecular weight excluding hydrogens is 449 g/mol. The van der Waals surface area contributed by atoms with Crippen molar-refractivity contribution < 1.29 is 23.6 Å². The summed E-state index contributed by atoms with van der Waals surface area (Å²) >= 11 is 0. The van der Waals surface area contributed by atoms with Crippen LogP contribution < -0.4 is 11.2 Å². The third kappa shape index (κ3) is 3.89. The fraction of sp³-hybridized carbons (Fsp3) is 0.545. The number of rotatable bonds is 6. The fourth-order valence-electron chi connectivity index (χ4n) is 5.07. The van der Waals surface area contributed by atoms with Gasteiger partial charge in [0.05, 0.1) is 12.6 Å². The van der Waals surface area contributed by atoms with Gasteiger partial charge in [-0.1, -0.05) is 30.3 Å². The monoisotopic (exact) mass is 477 g/mol. The third-order valence-electron chi connectivity index (χ3n) is 6.76. The lowest BCUT2D eigenvalue weighted by Crippen LogP contribution is -2.40. The molecule has 178 valence electrons. The zero-order chi connectivity index (χ0) is 23.2. The van der Waals surface area contributed by atoms with Crippen LogP contribution in [-0.2, 0) is 24.1 Å². The van der Waals surface area contributed by atoms with E-state index < -0.39 is 49.9 Å². The van der Waals surface area contributed by atoms with Crippen LogP contribution in [0, 0.1) is 0 Å². The van der Waals surface area contributed by atoms with Crippen LogP contribution >= 0.6 is 8.53 Å². The Morgan fingerprint density at radius 3 is 2.73 bits per heavy atom. The van der Waals surface area contributed by atoms with Gasteiger partial charge in [0.2, 0.25) is 0 Å². The first-order valence-electron chi connectivity index (χ1n) is 11.0. The van der Waals surface area contributed by atoms with E-state index >= 15 is 0 Å². The molecule has 2 N–H and O–H groups in total. The van der Waals surface area contributed by atoms with Crippen LogP contribution in [0.4, 0.5) is 0 Å². The summed E-state index contributed by atoms with van der Waals surface area (Å²) < 4.78 is 28.3. The van der Waals surface area contributed by atoms with E-state index in [4.69, 9.17) is 18.5 Å². The van der Waals surface area contributed by atoms with Gasteiger partial charge in [0.1, 0.15) is 23.9 Å². The molecule has 5 rings (SSSR count). The number of benzene rings is 1. The van der Waals surface area contributed by atoms with E-state index in [-0.39, 0.29) is 12.6 Å². The summed E-state index contributed by atoms with van der Waals surface area (Å²) in [5.41, 5.74) is -0.545. The highest BCUT2D eigenvalue weighted by Crippen LogP contribution is 2.64. The Morgan fingerprint density at radius 2 is 2.03 bits per heavy atom. The average Bonchev–Trinajstić information content (AvgIpc) is 3.50. The van der Waals surface area contributed by atoms with Crippen molar-refractivity contribution in [3.05, 3.63) is 69.0 Å². The molecule has 0 aliphatic carbocycles. The van der Waals surface area contributed by atoms with Gasteiger partial charge in [0, 0.05) is 25.9 Å². The van der Waals surface area contributed by atoms with Crippen molar-refractivity contribution in [2.75, 3.05) is 20.3 Å². The molecule has 3 aliphatic heterocycles. The minimum absolute atomic E-state index is 0.180. The van der Waals surface area contributed by atoms with E-state index in [9.17, 15) is 14.7 Å². The molecule has 0 saturated carbocycles. The first-order valence-corrected chi connectivity index (χ1v) is 12.2. The number of aliphatic hydroxyl groups is 1. The molecule has 10 nitrogen and oxygen atoms in total. The number of aromatic amines is 1. The predicted octanol–water partition coefficient (Wildman–Crippen LogP) is 1.46. The zero-order valence-corrected chi connectivity index (χ0v) is 19.4. The number of aliphatic hydroxyl groups excluding tert-OH is 1. The summed E-state index contributed by atoms with van der Waals surface area (Å²) in [7, 11) is 0.0469. The van der Waals surface area contributed by atoms with Gasteiger partial charge in [-0.3, -0.25) is 14.3 Å². The summed E-state index contributed by atoms with van der Waals surface area (Å²) in [4.78, 5) is 26.1. The van der Waals surface area contributed by atoms with Crippen LogP contribution in [0.5, 0.6) is 0 Å². The standard InChI is InChI=1S/C22H28N3O7P/c1-22(14-7-4-3-5-8-14)16-9-6-11-25(16)33(32-22)31-18-15(13-26)30-20(19(18)29-2)24-12-10-17(27)23-21(24)28/h3-5,7-8,10,12,15-16,18-20,26H,6,9,11,13H2,1-2H3,(H,23,27,28)/t15-,16+,18?,19+,20-,22-,33-/m1/s1. The first-order chi connectivity index (χ1) is 16.0. The second-order valence-corrected chi connectivity index (χ2v) is 10.0. The molecule has 33 heavy (non-hydrogen) atoms. The summed E-state index contributed by atoms with van der Waals surface area (Å²) in [6, 6.07) is 11.6. The summed E-state index contributed by atoms with van der Waals surface area (Å²) in [6.45, 7) is 2.64. The Balaban J connectivity index is 1.43. The quantitative estimate of drug-likeness (QED) is 0.601. The molecule has 1 aromatic carbocycles. The molecule has 3 saturated heterocycles. The number of hydrogen-bond acceptors (Lipinski definition) is 8. The van der Waals surface area contributed by atoms with E-state index in [0.29, 0.717) is 0 Å². The summed E-state index contributed by atoms with van der Waals surface area (Å²) in [6.07, 6.45) is 0.446. The second-order valence-electron chi connectivity index (χ2n) is 8.66. The number of hydrogen-bond donors (Lipinski definition) is 2. The van der Waals surface area contributed by atoms with Gasteiger partial charge in [-0.2, -0.15) is 0 Å². The van der Waals surface area contributed by atoms with Gasteiger partial charge in [-0.25, -0.2) is 9.46 Å². The molecule has 1 unspecified atom stereocenters. The van der Waals surface area contributed by atoms with E-state index in [2.05, 4.69) is 28.7 Å². The number of fused-ring (bicyclic) bond motifs is 1. The van der Waals surface area contributed by atoms with Crippen molar-refractivity contribution >= 4 is 8.53 Å². The van der Waals surface area contributed by atoms with Gasteiger partial charge in [0.15, 0.2) is 6.23 Å². The highest BCUT2D eigenvalue weighted by Gasteiger charge is 2.57. The van der Waals surface area contributed by atoms with Gasteiger partial charge in [-0.15, -0.1) is 0 Å². The normalized spacial score (nSPS) is 36.3. The number of aromatic nitrogens is 2. The Kier molecular flexibility index (Phi) is 6.26. The largest absolute Gasteiger partial charge is 0.394 e. The van der Waals surface area contributed by atoms with Crippen molar-refractivity contribution in [1.82, 2.24) is 14.2 Å². The van der Waals surface area contributed by atoms with Crippen LogP contribution in [0.25, 0.3) is 0 Å². The highest BCUT2D eigenvalue weighted by molar-refractivity contribution is 7.45. The fourth-order valence-corrected chi connectivity index (χ4v) is 7.22. The molecule has 0 spiro atoms. The van der Waals surface area contributed by atoms with Gasteiger partial charge in [-0.05, 0) is 25.3 Å². The minimum atomic E-state index is -1.46. The Hall–Kier alpha value is -1.91. The zero-order valence-electron chi connectivity index (χ0n) is 18.5. The van der Waals surface area contributed by atoms with Gasteiger partial charge >= 0.3 is 5.69 Å². The van der Waals surface area contributed by atoms with Crippen LogP contribution in [0.15, 0.2) is 52.2 Å². The maximum atomic E-state index is 12.4. The Bertz CT molecular complexity index is 1100. The van der Waals surface area contributed by atoms with Crippen molar-refractivity contribution in [1.29, 1.82) is 0 Å². The lowest BCUT2D eigenvalue weighted by Gasteiger charge is -2.29. The molecular formula is C22H28N3O7P. The molecule has 1 aromatic heterocycles. The molecule has 2 aromatic rings. The molecule has 3 aliphatic rings. The Morgan fingerprint density at radius 1 is 1.24 bits per heavy atom. The number of H-pyrrole nitrogens is 1. The van der Waals surface area contributed by atoms with Crippen molar-refractivity contribution in [2.24, 2.45) is 0 Å². The first kappa shape index (κ1) is 22.9. The molecule has 4 heterocycles. The lowest BCUT2D eigenvalue weighted by atomic mass is 9.87. The molecule has 11 heteroatoms. The topological polar surface area (TPSA) is 115 Å². The Labute approximate surface area is 192 Å².